The van der Waals surface area contributed by atoms with Crippen molar-refractivity contribution >= 4 is 22.1 Å². The van der Waals surface area contributed by atoms with E-state index in [2.05, 4.69) is 0 Å². The van der Waals surface area contributed by atoms with Gasteiger partial charge >= 0.3 is 0 Å². The lowest BCUT2D eigenvalue weighted by Gasteiger charge is -2.21. The van der Waals surface area contributed by atoms with Crippen LogP contribution >= 0.6 is 0 Å². The number of phenols is 4. The van der Waals surface area contributed by atoms with Gasteiger partial charge in [0.25, 0.3) is 0 Å². The second kappa shape index (κ2) is 3.66. The Balaban J connectivity index is 2.72. The third-order valence-corrected chi connectivity index (χ3v) is 3.66. The number of phenolic OH excluding ortho intramolecular Hbond substituents is 4. The summed E-state index contributed by atoms with van der Waals surface area (Å²) in [6, 6.07) is 1.45. The number of allylic oxidation sites excluding steroid dienone is 2. The zero-order valence-corrected chi connectivity index (χ0v) is 10.9. The smallest absolute Gasteiger partial charge is 0.201 e. The first kappa shape index (κ1) is 12.3. The molecular weight excluding hydrogens is 260 g/mol. The fourth-order valence-electron chi connectivity index (χ4n) is 2.80. The zero-order valence-electron chi connectivity index (χ0n) is 10.9. The number of carbonyl (C=O) groups excluding carboxylic acids is 1. The second-order valence-electron chi connectivity index (χ2n) is 4.95. The van der Waals surface area contributed by atoms with Crippen LogP contribution in [-0.4, -0.2) is 26.2 Å². The highest BCUT2D eigenvalue weighted by molar-refractivity contribution is 6.25. The van der Waals surface area contributed by atoms with Gasteiger partial charge in [-0.2, -0.15) is 0 Å². The summed E-state index contributed by atoms with van der Waals surface area (Å²) in [5.41, 5.74) is 1.31. The number of aryl methyl sites for hydroxylation is 1. The summed E-state index contributed by atoms with van der Waals surface area (Å²) >= 11 is 0. The molecule has 20 heavy (non-hydrogen) atoms. The van der Waals surface area contributed by atoms with Crippen LogP contribution in [0, 0.1) is 6.92 Å². The SMILES string of the molecule is CC1=CC(=O)c2c(O)c(O)c(O)c3c(C)cc(O)c1c23. The molecule has 4 N–H and O–H groups in total. The van der Waals surface area contributed by atoms with Gasteiger partial charge in [-0.3, -0.25) is 4.79 Å². The molecule has 0 unspecified atom stereocenters. The minimum absolute atomic E-state index is 0.0398. The first-order chi connectivity index (χ1) is 9.34. The summed E-state index contributed by atoms with van der Waals surface area (Å²) in [4.78, 5) is 12.1. The second-order valence-corrected chi connectivity index (χ2v) is 4.95. The summed E-state index contributed by atoms with van der Waals surface area (Å²) in [6.07, 6.45) is 1.28. The molecule has 1 aliphatic rings. The molecule has 0 radical (unpaired) electrons. The van der Waals surface area contributed by atoms with Gasteiger partial charge in [0, 0.05) is 16.3 Å². The lowest BCUT2D eigenvalue weighted by molar-refractivity contribution is 0.104. The third-order valence-electron chi connectivity index (χ3n) is 3.66. The van der Waals surface area contributed by atoms with Crippen LogP contribution in [-0.2, 0) is 0 Å². The Labute approximate surface area is 114 Å². The first-order valence-electron chi connectivity index (χ1n) is 6.00. The van der Waals surface area contributed by atoms with Crippen molar-refractivity contribution in [3.8, 4) is 23.0 Å². The predicted molar refractivity (Wildman–Crippen MR) is 73.3 cm³/mol. The van der Waals surface area contributed by atoms with Crippen LogP contribution in [0.15, 0.2) is 12.1 Å². The van der Waals surface area contributed by atoms with Crippen LogP contribution in [0.4, 0.5) is 0 Å². The van der Waals surface area contributed by atoms with E-state index in [4.69, 9.17) is 0 Å². The molecule has 2 aromatic rings. The van der Waals surface area contributed by atoms with Crippen LogP contribution in [0.2, 0.25) is 0 Å². The normalized spacial score (nSPS) is 13.7. The number of carbonyl (C=O) groups is 1. The Bertz CT molecular complexity index is 830. The maximum absolute atomic E-state index is 12.1. The van der Waals surface area contributed by atoms with Gasteiger partial charge in [-0.1, -0.05) is 0 Å². The topological polar surface area (TPSA) is 98.0 Å². The molecule has 0 fully saturated rings. The summed E-state index contributed by atoms with van der Waals surface area (Å²) in [5.74, 6) is -2.41. The van der Waals surface area contributed by atoms with Gasteiger partial charge in [0.2, 0.25) is 5.75 Å². The van der Waals surface area contributed by atoms with Gasteiger partial charge in [-0.25, -0.2) is 0 Å². The fraction of sp³-hybridized carbons (Fsp3) is 0.133. The Hall–Kier alpha value is -2.69. The number of benzene rings is 2. The van der Waals surface area contributed by atoms with Crippen molar-refractivity contribution in [2.24, 2.45) is 0 Å². The lowest BCUT2D eigenvalue weighted by Crippen LogP contribution is -2.06. The van der Waals surface area contributed by atoms with E-state index in [1.165, 1.54) is 12.1 Å². The molecule has 0 heterocycles. The van der Waals surface area contributed by atoms with E-state index in [0.29, 0.717) is 16.7 Å². The Morgan fingerprint density at radius 3 is 2.15 bits per heavy atom. The summed E-state index contributed by atoms with van der Waals surface area (Å²) in [5, 5.41) is 40.3. The summed E-state index contributed by atoms with van der Waals surface area (Å²) in [6.45, 7) is 3.29. The van der Waals surface area contributed by atoms with E-state index >= 15 is 0 Å². The molecule has 2 aromatic carbocycles. The fourth-order valence-corrected chi connectivity index (χ4v) is 2.80. The predicted octanol–water partition coefficient (Wildman–Crippen LogP) is 2.57. The number of hydrogen-bond donors (Lipinski definition) is 4. The summed E-state index contributed by atoms with van der Waals surface area (Å²) in [7, 11) is 0. The lowest BCUT2D eigenvalue weighted by atomic mass is 9.84. The van der Waals surface area contributed by atoms with Crippen molar-refractivity contribution in [1.82, 2.24) is 0 Å². The Morgan fingerprint density at radius 1 is 0.850 bits per heavy atom. The minimum atomic E-state index is -0.728. The van der Waals surface area contributed by atoms with E-state index in [0.717, 1.165) is 0 Å². The molecule has 0 spiro atoms. The van der Waals surface area contributed by atoms with Gasteiger partial charge in [0.15, 0.2) is 17.3 Å². The Kier molecular flexibility index (Phi) is 2.26. The monoisotopic (exact) mass is 272 g/mol. The van der Waals surface area contributed by atoms with Gasteiger partial charge < -0.3 is 20.4 Å². The minimum Gasteiger partial charge on any atom is -0.507 e. The van der Waals surface area contributed by atoms with E-state index in [1.54, 1.807) is 13.8 Å². The van der Waals surface area contributed by atoms with Crippen molar-refractivity contribution in [1.29, 1.82) is 0 Å². The van der Waals surface area contributed by atoms with Crippen LogP contribution in [0.3, 0.4) is 0 Å². The standard InChI is InChI=1S/C15H12O5/c1-5-3-8(17)11-12-9(5)7(16)4-6(2)10(12)13(18)15(20)14(11)19/h3-4,16,18-20H,1-2H3. The number of hydrogen-bond acceptors (Lipinski definition) is 5. The van der Waals surface area contributed by atoms with Crippen LogP contribution < -0.4 is 0 Å². The van der Waals surface area contributed by atoms with Crippen LogP contribution in [0.5, 0.6) is 23.0 Å². The van der Waals surface area contributed by atoms with E-state index in [9.17, 15) is 25.2 Å². The maximum atomic E-state index is 12.1. The average molecular weight is 272 g/mol. The molecule has 0 amide bonds. The van der Waals surface area contributed by atoms with Gasteiger partial charge in [0.1, 0.15) is 5.75 Å². The largest absolute Gasteiger partial charge is 0.507 e. The molecule has 0 aromatic heterocycles. The van der Waals surface area contributed by atoms with Crippen molar-refractivity contribution in [2.45, 2.75) is 13.8 Å². The molecule has 102 valence electrons. The highest BCUT2D eigenvalue weighted by atomic mass is 16.3. The number of aromatic hydroxyl groups is 4. The van der Waals surface area contributed by atoms with Crippen molar-refractivity contribution < 1.29 is 25.2 Å². The number of ketones is 1. The van der Waals surface area contributed by atoms with E-state index in [-0.39, 0.29) is 22.1 Å². The van der Waals surface area contributed by atoms with Crippen LogP contribution in [0.1, 0.15) is 28.4 Å². The molecule has 0 saturated carbocycles. The Morgan fingerprint density at radius 2 is 1.50 bits per heavy atom. The average Bonchev–Trinajstić information content (AvgIpc) is 2.34. The summed E-state index contributed by atoms with van der Waals surface area (Å²) < 4.78 is 0. The highest BCUT2D eigenvalue weighted by Crippen LogP contribution is 2.51. The number of rotatable bonds is 0. The maximum Gasteiger partial charge on any atom is 0.201 e. The zero-order chi connectivity index (χ0) is 14.8. The van der Waals surface area contributed by atoms with E-state index < -0.39 is 23.0 Å². The molecule has 5 nitrogen and oxygen atoms in total. The third kappa shape index (κ3) is 1.29. The quantitative estimate of drug-likeness (QED) is 0.552. The van der Waals surface area contributed by atoms with E-state index in [1.807, 2.05) is 0 Å². The molecule has 5 heteroatoms. The molecule has 1 aliphatic carbocycles. The van der Waals surface area contributed by atoms with Gasteiger partial charge in [-0.05, 0) is 37.1 Å². The van der Waals surface area contributed by atoms with Crippen LogP contribution in [0.25, 0.3) is 16.3 Å². The molecule has 0 aliphatic heterocycles. The first-order valence-corrected chi connectivity index (χ1v) is 6.00. The van der Waals surface area contributed by atoms with Gasteiger partial charge in [0.05, 0.1) is 5.56 Å². The molecule has 3 rings (SSSR count). The van der Waals surface area contributed by atoms with Crippen molar-refractivity contribution in [3.63, 3.8) is 0 Å². The molecule has 0 bridgehead atoms. The van der Waals surface area contributed by atoms with Crippen molar-refractivity contribution in [3.05, 3.63) is 28.8 Å². The van der Waals surface area contributed by atoms with Crippen molar-refractivity contribution in [2.75, 3.05) is 0 Å². The van der Waals surface area contributed by atoms with Gasteiger partial charge in [-0.15, -0.1) is 0 Å². The molecule has 0 atom stereocenters. The highest BCUT2D eigenvalue weighted by Gasteiger charge is 2.30. The molecule has 0 saturated heterocycles. The molecular formula is C15H12O5.